The average molecular weight is 304 g/mol. The first-order valence-corrected chi connectivity index (χ1v) is 6.12. The molecule has 0 atom stereocenters. The summed E-state index contributed by atoms with van der Waals surface area (Å²) >= 11 is 3.13. The Morgan fingerprint density at radius 3 is 2.94 bits per heavy atom. The Morgan fingerprint density at radius 2 is 2.35 bits per heavy atom. The van der Waals surface area contributed by atoms with Gasteiger partial charge in [-0.2, -0.15) is 0 Å². The molecule has 0 aromatic carbocycles. The molecule has 0 aliphatic carbocycles. The lowest BCUT2D eigenvalue weighted by Crippen LogP contribution is -2.36. The molecule has 4 nitrogen and oxygen atoms in total. The monoisotopic (exact) mass is 303 g/mol. The van der Waals surface area contributed by atoms with Crippen molar-refractivity contribution < 1.29 is 9.18 Å². The lowest BCUT2D eigenvalue weighted by atomic mass is 10.4. The first kappa shape index (κ1) is 13.9. The van der Waals surface area contributed by atoms with Crippen LogP contribution in [-0.2, 0) is 4.79 Å². The standard InChI is InChI=1S/C11H15BrFN3O/c1-3-4-14-10(17)7-16(2)11-9(13)5-8(12)6-15-11/h5-6H,3-4,7H2,1-2H3,(H,14,17). The van der Waals surface area contributed by atoms with Gasteiger partial charge in [0.15, 0.2) is 11.6 Å². The minimum atomic E-state index is -0.454. The van der Waals surface area contributed by atoms with E-state index < -0.39 is 5.82 Å². The second-order valence-electron chi connectivity index (χ2n) is 3.66. The van der Waals surface area contributed by atoms with Crippen molar-refractivity contribution in [1.82, 2.24) is 10.3 Å². The van der Waals surface area contributed by atoms with Gasteiger partial charge in [0.05, 0.1) is 6.54 Å². The van der Waals surface area contributed by atoms with Gasteiger partial charge in [0.2, 0.25) is 5.91 Å². The fourth-order valence-electron chi connectivity index (χ4n) is 1.30. The third kappa shape index (κ3) is 4.30. The number of hydrogen-bond donors (Lipinski definition) is 1. The molecule has 0 saturated heterocycles. The van der Waals surface area contributed by atoms with Crippen LogP contribution in [0, 0.1) is 5.82 Å². The number of pyridine rings is 1. The molecule has 0 radical (unpaired) electrons. The van der Waals surface area contributed by atoms with E-state index in [0.29, 0.717) is 11.0 Å². The van der Waals surface area contributed by atoms with Crippen LogP contribution in [0.3, 0.4) is 0 Å². The number of aromatic nitrogens is 1. The zero-order valence-electron chi connectivity index (χ0n) is 9.83. The summed E-state index contributed by atoms with van der Waals surface area (Å²) in [7, 11) is 1.63. The van der Waals surface area contributed by atoms with Gasteiger partial charge in [0.1, 0.15) is 0 Å². The van der Waals surface area contributed by atoms with Crippen LogP contribution in [0.4, 0.5) is 10.2 Å². The second-order valence-corrected chi connectivity index (χ2v) is 4.58. The first-order chi connectivity index (χ1) is 8.04. The van der Waals surface area contributed by atoms with Crippen molar-refractivity contribution in [3.8, 4) is 0 Å². The van der Waals surface area contributed by atoms with E-state index in [0.717, 1.165) is 6.42 Å². The molecule has 0 aliphatic rings. The van der Waals surface area contributed by atoms with Crippen LogP contribution in [-0.4, -0.2) is 31.0 Å². The van der Waals surface area contributed by atoms with Crippen molar-refractivity contribution in [2.24, 2.45) is 0 Å². The summed E-state index contributed by atoms with van der Waals surface area (Å²) in [5, 5.41) is 2.72. The normalized spacial score (nSPS) is 10.1. The molecule has 1 aromatic heterocycles. The zero-order valence-corrected chi connectivity index (χ0v) is 11.4. The molecule has 1 rings (SSSR count). The third-order valence-electron chi connectivity index (χ3n) is 2.10. The first-order valence-electron chi connectivity index (χ1n) is 5.33. The number of nitrogens with zero attached hydrogens (tertiary/aromatic N) is 2. The van der Waals surface area contributed by atoms with Crippen LogP contribution in [0.25, 0.3) is 0 Å². The van der Waals surface area contributed by atoms with Crippen LogP contribution in [0.15, 0.2) is 16.7 Å². The van der Waals surface area contributed by atoms with Gasteiger partial charge in [0.25, 0.3) is 0 Å². The van der Waals surface area contributed by atoms with Crippen LogP contribution in [0.5, 0.6) is 0 Å². The molecular formula is C11H15BrFN3O. The molecule has 1 heterocycles. The van der Waals surface area contributed by atoms with Gasteiger partial charge in [-0.25, -0.2) is 9.37 Å². The molecule has 0 fully saturated rings. The maximum Gasteiger partial charge on any atom is 0.239 e. The Bertz CT molecular complexity index is 400. The fraction of sp³-hybridized carbons (Fsp3) is 0.455. The summed E-state index contributed by atoms with van der Waals surface area (Å²) < 4.78 is 14.1. The summed E-state index contributed by atoms with van der Waals surface area (Å²) in [4.78, 5) is 16.9. The van der Waals surface area contributed by atoms with Crippen molar-refractivity contribution in [3.05, 3.63) is 22.6 Å². The Labute approximate surface area is 108 Å². The third-order valence-corrected chi connectivity index (χ3v) is 2.54. The van der Waals surface area contributed by atoms with Gasteiger partial charge >= 0.3 is 0 Å². The summed E-state index contributed by atoms with van der Waals surface area (Å²) in [6, 6.07) is 1.32. The minimum absolute atomic E-state index is 0.0888. The molecule has 0 unspecified atom stereocenters. The van der Waals surface area contributed by atoms with Crippen molar-refractivity contribution in [1.29, 1.82) is 0 Å². The highest BCUT2D eigenvalue weighted by Crippen LogP contribution is 2.18. The second kappa shape index (κ2) is 6.54. The summed E-state index contributed by atoms with van der Waals surface area (Å²) in [6.07, 6.45) is 2.37. The van der Waals surface area contributed by atoms with Crippen LogP contribution >= 0.6 is 15.9 Å². The number of carbonyl (C=O) groups excluding carboxylic acids is 1. The lowest BCUT2D eigenvalue weighted by Gasteiger charge is -2.18. The van der Waals surface area contributed by atoms with Crippen molar-refractivity contribution >= 4 is 27.7 Å². The Hall–Kier alpha value is -1.17. The molecular weight excluding hydrogens is 289 g/mol. The number of halogens is 2. The van der Waals surface area contributed by atoms with Gasteiger partial charge < -0.3 is 10.2 Å². The van der Waals surface area contributed by atoms with Crippen LogP contribution in [0.1, 0.15) is 13.3 Å². The van der Waals surface area contributed by atoms with Gasteiger partial charge in [-0.1, -0.05) is 6.92 Å². The zero-order chi connectivity index (χ0) is 12.8. The SMILES string of the molecule is CCCNC(=O)CN(C)c1ncc(Br)cc1F. The predicted molar refractivity (Wildman–Crippen MR) is 68.5 cm³/mol. The smallest absolute Gasteiger partial charge is 0.239 e. The van der Waals surface area contributed by atoms with Crippen molar-refractivity contribution in [2.75, 3.05) is 25.0 Å². The number of amides is 1. The quantitative estimate of drug-likeness (QED) is 0.904. The molecule has 1 amide bonds. The van der Waals surface area contributed by atoms with E-state index in [9.17, 15) is 9.18 Å². The van der Waals surface area contributed by atoms with Gasteiger partial charge in [-0.15, -0.1) is 0 Å². The molecule has 94 valence electrons. The molecule has 1 aromatic rings. The maximum absolute atomic E-state index is 13.5. The van der Waals surface area contributed by atoms with E-state index in [1.54, 1.807) is 7.05 Å². The van der Waals surface area contributed by atoms with E-state index in [4.69, 9.17) is 0 Å². The lowest BCUT2D eigenvalue weighted by molar-refractivity contribution is -0.119. The van der Waals surface area contributed by atoms with Crippen LogP contribution < -0.4 is 10.2 Å². The topological polar surface area (TPSA) is 45.2 Å². The number of anilines is 1. The number of rotatable bonds is 5. The number of carbonyl (C=O) groups is 1. The van der Waals surface area contributed by atoms with Crippen molar-refractivity contribution in [3.63, 3.8) is 0 Å². The Morgan fingerprint density at radius 1 is 1.65 bits per heavy atom. The summed E-state index contributed by atoms with van der Waals surface area (Å²) in [6.45, 7) is 2.69. The van der Waals surface area contributed by atoms with E-state index >= 15 is 0 Å². The molecule has 0 bridgehead atoms. The molecule has 0 spiro atoms. The molecule has 0 aliphatic heterocycles. The highest BCUT2D eigenvalue weighted by Gasteiger charge is 2.12. The van der Waals surface area contributed by atoms with Crippen LogP contribution in [0.2, 0.25) is 0 Å². The number of hydrogen-bond acceptors (Lipinski definition) is 3. The van der Waals surface area contributed by atoms with Crippen molar-refractivity contribution in [2.45, 2.75) is 13.3 Å². The molecule has 0 saturated carbocycles. The predicted octanol–water partition coefficient (Wildman–Crippen LogP) is 1.95. The fourth-order valence-corrected chi connectivity index (χ4v) is 1.60. The van der Waals surface area contributed by atoms with Gasteiger partial charge in [0, 0.05) is 24.3 Å². The molecule has 17 heavy (non-hydrogen) atoms. The number of nitrogens with one attached hydrogen (secondary N) is 1. The number of likely N-dealkylation sites (N-methyl/N-ethyl adjacent to an activating group) is 1. The molecule has 6 heteroatoms. The van der Waals surface area contributed by atoms with E-state index in [1.807, 2.05) is 6.92 Å². The van der Waals surface area contributed by atoms with E-state index in [1.165, 1.54) is 17.2 Å². The highest BCUT2D eigenvalue weighted by molar-refractivity contribution is 9.10. The van der Waals surface area contributed by atoms with Gasteiger partial charge in [-0.05, 0) is 28.4 Å². The summed E-state index contributed by atoms with van der Waals surface area (Å²) in [5.41, 5.74) is 0. The molecule has 1 N–H and O–H groups in total. The average Bonchev–Trinajstić information content (AvgIpc) is 2.26. The summed E-state index contributed by atoms with van der Waals surface area (Å²) in [5.74, 6) is -0.427. The maximum atomic E-state index is 13.5. The highest BCUT2D eigenvalue weighted by atomic mass is 79.9. The Kier molecular flexibility index (Phi) is 5.34. The Balaban J connectivity index is 2.63. The van der Waals surface area contributed by atoms with E-state index in [2.05, 4.69) is 26.2 Å². The largest absolute Gasteiger partial charge is 0.355 e. The van der Waals surface area contributed by atoms with Gasteiger partial charge in [-0.3, -0.25) is 4.79 Å². The van der Waals surface area contributed by atoms with E-state index in [-0.39, 0.29) is 18.3 Å². The minimum Gasteiger partial charge on any atom is -0.355 e.